The zero-order valence-electron chi connectivity index (χ0n) is 23.7. The molecule has 0 fully saturated rings. The van der Waals surface area contributed by atoms with Crippen molar-refractivity contribution in [2.24, 2.45) is 0 Å². The lowest BCUT2D eigenvalue weighted by Gasteiger charge is -2.26. The van der Waals surface area contributed by atoms with Crippen molar-refractivity contribution < 1.29 is 53.8 Å². The highest BCUT2D eigenvalue weighted by molar-refractivity contribution is 5.87. The zero-order valence-corrected chi connectivity index (χ0v) is 23.7. The molecule has 41 heavy (non-hydrogen) atoms. The van der Waals surface area contributed by atoms with E-state index in [0.29, 0.717) is 11.5 Å². The lowest BCUT2D eigenvalue weighted by molar-refractivity contribution is -0.143. The highest BCUT2D eigenvalue weighted by Crippen LogP contribution is 2.33. The van der Waals surface area contributed by atoms with Crippen molar-refractivity contribution in [1.82, 2.24) is 0 Å². The second-order valence-corrected chi connectivity index (χ2v) is 9.64. The summed E-state index contributed by atoms with van der Waals surface area (Å²) in [5, 5.41) is 33.9. The molecule has 224 valence electrons. The molecular formula is C30H38O11. The first-order valence-electron chi connectivity index (χ1n) is 12.5. The zero-order chi connectivity index (χ0) is 31.2. The summed E-state index contributed by atoms with van der Waals surface area (Å²) < 4.78 is 21.0. The third kappa shape index (κ3) is 13.0. The molecular weight excluding hydrogens is 536 g/mol. The van der Waals surface area contributed by atoms with Crippen molar-refractivity contribution in [2.45, 2.75) is 45.3 Å². The molecule has 2 unspecified atom stereocenters. The maximum Gasteiger partial charge on any atom is 0.503 e. The largest absolute Gasteiger partial charge is 0.503 e. The molecule has 0 amide bonds. The van der Waals surface area contributed by atoms with Gasteiger partial charge in [-0.1, -0.05) is 51.3 Å². The lowest BCUT2D eigenvalue weighted by Crippen LogP contribution is -2.25. The van der Waals surface area contributed by atoms with Crippen LogP contribution in [0.25, 0.3) is 0 Å². The van der Waals surface area contributed by atoms with Gasteiger partial charge in [0, 0.05) is 16.6 Å². The molecule has 0 bridgehead atoms. The highest BCUT2D eigenvalue weighted by Gasteiger charge is 2.23. The van der Waals surface area contributed by atoms with E-state index in [4.69, 9.17) is 34.0 Å². The van der Waals surface area contributed by atoms with Gasteiger partial charge in [-0.15, -0.1) is 0 Å². The van der Waals surface area contributed by atoms with Crippen LogP contribution in [0.5, 0.6) is 11.5 Å². The number of aliphatic hydroxyl groups is 2. The number of carbonyl (C=O) groups excluding carboxylic acids is 2. The van der Waals surface area contributed by atoms with Crippen LogP contribution in [0.1, 0.15) is 38.8 Å². The van der Waals surface area contributed by atoms with Gasteiger partial charge in [0.2, 0.25) is 0 Å². The van der Waals surface area contributed by atoms with Crippen LogP contribution >= 0.6 is 0 Å². The van der Waals surface area contributed by atoms with Crippen LogP contribution in [-0.2, 0) is 24.5 Å². The predicted molar refractivity (Wildman–Crippen MR) is 150 cm³/mol. The van der Waals surface area contributed by atoms with Crippen molar-refractivity contribution >= 4 is 18.1 Å². The first-order chi connectivity index (χ1) is 19.1. The summed E-state index contributed by atoms with van der Waals surface area (Å²) in [6.07, 6.45) is -3.74. The molecule has 0 aliphatic carbocycles. The Balaban J connectivity index is 0.00000196. The van der Waals surface area contributed by atoms with Gasteiger partial charge in [0.25, 0.3) is 0 Å². The topological polar surface area (TPSA) is 169 Å². The van der Waals surface area contributed by atoms with Crippen molar-refractivity contribution in [3.63, 3.8) is 0 Å². The maximum atomic E-state index is 11.4. The van der Waals surface area contributed by atoms with Gasteiger partial charge in [0.15, 0.2) is 0 Å². The Morgan fingerprint density at radius 3 is 1.24 bits per heavy atom. The molecule has 0 saturated heterocycles. The van der Waals surface area contributed by atoms with Crippen LogP contribution in [0.2, 0.25) is 0 Å². The van der Waals surface area contributed by atoms with E-state index in [1.165, 1.54) is 13.8 Å². The SMILES string of the molecule is C=C(C)C(=O)OCC(O)COc1ccc(C(C)(C)c2ccc(OCC(O)COC(=O)C(=C)C)cc2)cc1.O=C(O)O. The third-order valence-electron chi connectivity index (χ3n) is 5.55. The van der Waals surface area contributed by atoms with Crippen molar-refractivity contribution in [3.8, 4) is 11.5 Å². The molecule has 4 N–H and O–H groups in total. The number of benzene rings is 2. The number of hydrogen-bond donors (Lipinski definition) is 4. The molecule has 0 aliphatic heterocycles. The number of carbonyl (C=O) groups is 3. The summed E-state index contributed by atoms with van der Waals surface area (Å²) in [6.45, 7) is 13.9. The van der Waals surface area contributed by atoms with Crippen LogP contribution in [-0.4, -0.2) is 77.2 Å². The Hall–Kier alpha value is -4.35. The minimum atomic E-state index is -1.83. The molecule has 2 rings (SSSR count). The molecule has 2 aromatic carbocycles. The molecule has 2 atom stereocenters. The summed E-state index contributed by atoms with van der Waals surface area (Å²) in [6, 6.07) is 15.1. The van der Waals surface area contributed by atoms with E-state index in [9.17, 15) is 19.8 Å². The molecule has 0 heterocycles. The highest BCUT2D eigenvalue weighted by atomic mass is 16.6. The van der Waals surface area contributed by atoms with E-state index < -0.39 is 30.3 Å². The number of ether oxygens (including phenoxy) is 4. The van der Waals surface area contributed by atoms with Gasteiger partial charge in [0.05, 0.1) is 0 Å². The fourth-order valence-corrected chi connectivity index (χ4v) is 3.17. The third-order valence-corrected chi connectivity index (χ3v) is 5.55. The number of carboxylic acid groups (broad SMARTS) is 2. The van der Waals surface area contributed by atoms with Crippen molar-refractivity contribution in [1.29, 1.82) is 0 Å². The van der Waals surface area contributed by atoms with E-state index in [0.717, 1.165) is 11.1 Å². The molecule has 0 aromatic heterocycles. The van der Waals surface area contributed by atoms with Gasteiger partial charge in [-0.2, -0.15) is 0 Å². The van der Waals surface area contributed by atoms with Crippen LogP contribution in [0.3, 0.4) is 0 Å². The fraction of sp³-hybridized carbons (Fsp3) is 0.367. The van der Waals surface area contributed by atoms with Gasteiger partial charge >= 0.3 is 18.1 Å². The summed E-state index contributed by atoms with van der Waals surface area (Å²) in [7, 11) is 0. The Labute approximate surface area is 239 Å². The van der Waals surface area contributed by atoms with E-state index >= 15 is 0 Å². The number of esters is 2. The minimum Gasteiger partial charge on any atom is -0.491 e. The summed E-state index contributed by atoms with van der Waals surface area (Å²) in [5.41, 5.74) is 2.33. The van der Waals surface area contributed by atoms with Gasteiger partial charge in [-0.25, -0.2) is 14.4 Å². The van der Waals surface area contributed by atoms with Crippen LogP contribution in [0.15, 0.2) is 72.8 Å². The number of hydrogen-bond acceptors (Lipinski definition) is 9. The van der Waals surface area contributed by atoms with Gasteiger partial charge in [0.1, 0.15) is 50.1 Å². The summed E-state index contributed by atoms with van der Waals surface area (Å²) in [4.78, 5) is 31.4. The van der Waals surface area contributed by atoms with Crippen LogP contribution < -0.4 is 9.47 Å². The monoisotopic (exact) mass is 574 g/mol. The molecule has 0 radical (unpaired) electrons. The summed E-state index contributed by atoms with van der Waals surface area (Å²) in [5.74, 6) is 0.0657. The maximum absolute atomic E-state index is 11.4. The Bertz CT molecular complexity index is 1080. The van der Waals surface area contributed by atoms with E-state index in [1.54, 1.807) is 0 Å². The van der Waals surface area contributed by atoms with Crippen LogP contribution in [0.4, 0.5) is 4.79 Å². The fourth-order valence-electron chi connectivity index (χ4n) is 3.17. The Kier molecular flexibility index (Phi) is 14.1. The van der Waals surface area contributed by atoms with Gasteiger partial charge in [-0.05, 0) is 49.2 Å². The molecule has 0 aliphatic rings. The Morgan fingerprint density at radius 1 is 0.683 bits per heavy atom. The first-order valence-corrected chi connectivity index (χ1v) is 12.5. The number of rotatable bonds is 14. The van der Waals surface area contributed by atoms with Gasteiger partial charge < -0.3 is 39.4 Å². The molecule has 2 aromatic rings. The second-order valence-electron chi connectivity index (χ2n) is 9.64. The first kappa shape index (κ1) is 34.7. The average molecular weight is 575 g/mol. The second kappa shape index (κ2) is 16.7. The predicted octanol–water partition coefficient (Wildman–Crippen LogP) is 3.95. The average Bonchev–Trinajstić information content (AvgIpc) is 2.92. The molecule has 0 spiro atoms. The lowest BCUT2D eigenvalue weighted by atomic mass is 9.78. The van der Waals surface area contributed by atoms with E-state index in [2.05, 4.69) is 27.0 Å². The van der Waals surface area contributed by atoms with Crippen LogP contribution in [0, 0.1) is 0 Å². The molecule has 11 heteroatoms. The van der Waals surface area contributed by atoms with Crippen molar-refractivity contribution in [3.05, 3.63) is 84.0 Å². The normalized spacial score (nSPS) is 12.0. The van der Waals surface area contributed by atoms with E-state index in [-0.39, 0.29) is 43.0 Å². The van der Waals surface area contributed by atoms with E-state index in [1.807, 2.05) is 48.5 Å². The van der Waals surface area contributed by atoms with Gasteiger partial charge in [-0.3, -0.25) is 0 Å². The summed E-state index contributed by atoms with van der Waals surface area (Å²) >= 11 is 0. The Morgan fingerprint density at radius 2 is 0.976 bits per heavy atom. The quantitative estimate of drug-likeness (QED) is 0.190. The minimum absolute atomic E-state index is 0.0152. The molecule has 0 saturated carbocycles. The molecule has 11 nitrogen and oxygen atoms in total. The smallest absolute Gasteiger partial charge is 0.491 e. The van der Waals surface area contributed by atoms with Crippen molar-refractivity contribution in [2.75, 3.05) is 26.4 Å². The number of aliphatic hydroxyl groups excluding tert-OH is 2. The standard InChI is InChI=1S/C29H36O8.CH2O3/c1-19(2)27(32)36-17-23(30)15-34-25-11-7-21(8-12-25)29(5,6)22-9-13-26(14-10-22)35-16-24(31)18-37-28(33)20(3)4;2-1(3)4/h7-14,23-24,30-31H,1,3,15-18H2,2,4-6H3;(H2,2,3,4).